The van der Waals surface area contributed by atoms with Gasteiger partial charge in [0.1, 0.15) is 18.7 Å². The maximum atomic E-state index is 14.2. The van der Waals surface area contributed by atoms with Gasteiger partial charge in [-0.2, -0.15) is 0 Å². The number of rotatable bonds is 29. The van der Waals surface area contributed by atoms with Crippen LogP contribution in [0.4, 0.5) is 10.5 Å². The quantitative estimate of drug-likeness (QED) is 0.0657. The van der Waals surface area contributed by atoms with Gasteiger partial charge in [0, 0.05) is 47.0 Å². The average Bonchev–Trinajstić information content (AvgIpc) is 3.87. The molecule has 2 aromatic rings. The normalized spacial score (nSPS) is 17.0. The number of likely N-dealkylation sites (N-methyl/N-ethyl adjacent to an activating group) is 2. The third-order valence-corrected chi connectivity index (χ3v) is 14.1. The molecule has 0 aromatic heterocycles. The second kappa shape index (κ2) is 31.1. The van der Waals surface area contributed by atoms with E-state index >= 15 is 0 Å². The third kappa shape index (κ3) is 18.6. The molecule has 0 aliphatic carbocycles. The summed E-state index contributed by atoms with van der Waals surface area (Å²) in [7, 11) is 6.07. The van der Waals surface area contributed by atoms with E-state index in [1.54, 1.807) is 89.9 Å². The molecule has 0 radical (unpaired) electrons. The summed E-state index contributed by atoms with van der Waals surface area (Å²) in [6.45, 7) is 16.0. The molecule has 75 heavy (non-hydrogen) atoms. The molecule has 1 aliphatic heterocycles. The highest BCUT2D eigenvalue weighted by atomic mass is 16.6. The van der Waals surface area contributed by atoms with Gasteiger partial charge in [0.05, 0.1) is 61.9 Å². The van der Waals surface area contributed by atoms with Crippen LogP contribution < -0.4 is 26.6 Å². The molecule has 10 atom stereocenters. The first kappa shape index (κ1) is 63.2. The second-order valence-electron chi connectivity index (χ2n) is 20.4. The molecule has 2 aromatic carbocycles. The highest BCUT2D eigenvalue weighted by Gasteiger charge is 2.42. The first-order chi connectivity index (χ1) is 35.5. The van der Waals surface area contributed by atoms with Crippen molar-refractivity contribution in [3.8, 4) is 0 Å². The van der Waals surface area contributed by atoms with E-state index in [2.05, 4.69) is 26.6 Å². The zero-order chi connectivity index (χ0) is 56.1. The van der Waals surface area contributed by atoms with Gasteiger partial charge in [0.15, 0.2) is 0 Å². The number of hydrogen-bond donors (Lipinski definition) is 6. The molecule has 20 heteroatoms. The average molecular weight is 1050 g/mol. The molecule has 418 valence electrons. The Morgan fingerprint density at radius 3 is 1.97 bits per heavy atom. The molecular formula is C55H86N8O12. The van der Waals surface area contributed by atoms with Crippen LogP contribution in [0, 0.1) is 23.7 Å². The van der Waals surface area contributed by atoms with Crippen molar-refractivity contribution in [2.75, 3.05) is 53.3 Å². The number of carbonyl (C=O) groups excluding carboxylic acids is 8. The Morgan fingerprint density at radius 1 is 0.760 bits per heavy atom. The fourth-order valence-corrected chi connectivity index (χ4v) is 9.55. The van der Waals surface area contributed by atoms with Crippen LogP contribution >= 0.6 is 0 Å². The van der Waals surface area contributed by atoms with Gasteiger partial charge in [0.25, 0.3) is 0 Å². The molecule has 1 aliphatic rings. The minimum Gasteiger partial charge on any atom is -0.445 e. The van der Waals surface area contributed by atoms with Gasteiger partial charge < -0.3 is 55.7 Å². The summed E-state index contributed by atoms with van der Waals surface area (Å²) in [5.41, 5.74) is 1.71. The van der Waals surface area contributed by atoms with Gasteiger partial charge in [-0.3, -0.25) is 38.5 Å². The van der Waals surface area contributed by atoms with Crippen molar-refractivity contribution in [1.29, 1.82) is 0 Å². The lowest BCUT2D eigenvalue weighted by molar-refractivity contribution is -0.146. The van der Waals surface area contributed by atoms with Crippen LogP contribution in [-0.4, -0.2) is 158 Å². The molecule has 20 nitrogen and oxygen atoms in total. The lowest BCUT2D eigenvalue weighted by Gasteiger charge is -2.39. The molecule has 6 N–H and O–H groups in total. The summed E-state index contributed by atoms with van der Waals surface area (Å²) in [6.07, 6.45) is -0.223. The van der Waals surface area contributed by atoms with Crippen molar-refractivity contribution in [3.63, 3.8) is 0 Å². The molecule has 1 heterocycles. The number of carbonyl (C=O) groups is 8. The molecule has 0 bridgehead atoms. The molecule has 3 rings (SSSR count). The van der Waals surface area contributed by atoms with Crippen molar-refractivity contribution in [2.24, 2.45) is 23.7 Å². The van der Waals surface area contributed by atoms with Gasteiger partial charge in [-0.15, -0.1) is 0 Å². The van der Waals surface area contributed by atoms with E-state index in [-0.39, 0.29) is 55.0 Å². The van der Waals surface area contributed by atoms with Crippen LogP contribution in [-0.2, 0) is 54.4 Å². The number of ether oxygens (including phenoxy) is 3. The molecular weight excluding hydrogens is 965 g/mol. The molecule has 4 unspecified atom stereocenters. The predicted octanol–water partition coefficient (Wildman–Crippen LogP) is 4.55. The van der Waals surface area contributed by atoms with E-state index in [0.29, 0.717) is 55.5 Å². The number of hydrogen-bond acceptors (Lipinski definition) is 12. The first-order valence-electron chi connectivity index (χ1n) is 26.3. The van der Waals surface area contributed by atoms with Crippen molar-refractivity contribution < 1.29 is 57.7 Å². The Bertz CT molecular complexity index is 2180. The number of aliphatic hydroxyl groups excluding tert-OH is 1. The number of anilines is 1. The zero-order valence-corrected chi connectivity index (χ0v) is 46.5. The summed E-state index contributed by atoms with van der Waals surface area (Å²) in [6, 6.07) is 12.3. The highest BCUT2D eigenvalue weighted by Crippen LogP contribution is 2.30. The van der Waals surface area contributed by atoms with Crippen LogP contribution in [0.2, 0.25) is 0 Å². The minimum absolute atomic E-state index is 0.0602. The Morgan fingerprint density at radius 2 is 1.40 bits per heavy atom. The standard InChI is InChI=1S/C55H86N8O12/c1-14-20-43(64)60-47(33(3)4)53(70)56-30-44(65)59-40-26-24-38(25-27-40)32-75-55(72)62(11)48(34(5)6)54(71)57-31-46(67)61(10)49(35(7)15-2)42(73-12)29-45(66)63-28-19-23-41(63)51(74-13)36(8)52(69)58-37(9)50(68)39-21-17-16-18-22-39/h16-18,21-22,24-27,33-37,41-42,47-51,68H,14-15,19-20,23,28-32H2,1-13H3,(H,56,70)(H,57,71)(H,58,69)(H,59,65)(H,60,64)/t35?,36-,37-,41+,42-,47?,48?,49?,50-,51-/m1/s1. The highest BCUT2D eigenvalue weighted by molar-refractivity contribution is 5.96. The Kier molecular flexibility index (Phi) is 26.2. The largest absolute Gasteiger partial charge is 0.445 e. The van der Waals surface area contributed by atoms with Gasteiger partial charge >= 0.3 is 6.09 Å². The van der Waals surface area contributed by atoms with Gasteiger partial charge in [-0.25, -0.2) is 4.79 Å². The summed E-state index contributed by atoms with van der Waals surface area (Å²) < 4.78 is 17.4. The summed E-state index contributed by atoms with van der Waals surface area (Å²) >= 11 is 0. The zero-order valence-electron chi connectivity index (χ0n) is 46.5. The van der Waals surface area contributed by atoms with Crippen molar-refractivity contribution in [2.45, 2.75) is 156 Å². The van der Waals surface area contributed by atoms with Crippen molar-refractivity contribution >= 4 is 53.1 Å². The van der Waals surface area contributed by atoms with Crippen LogP contribution in [0.5, 0.6) is 0 Å². The van der Waals surface area contributed by atoms with Gasteiger partial charge in [0.2, 0.25) is 41.4 Å². The fourth-order valence-electron chi connectivity index (χ4n) is 9.55. The molecule has 0 spiro atoms. The van der Waals surface area contributed by atoms with Gasteiger partial charge in [-0.05, 0) is 67.2 Å². The van der Waals surface area contributed by atoms with Gasteiger partial charge in [-0.1, -0.05) is 104 Å². The second-order valence-corrected chi connectivity index (χ2v) is 20.4. The molecule has 1 saturated heterocycles. The molecule has 0 saturated carbocycles. The van der Waals surface area contributed by atoms with E-state index in [1.807, 2.05) is 39.0 Å². The number of amides is 8. The van der Waals surface area contributed by atoms with E-state index in [0.717, 1.165) is 0 Å². The minimum atomic E-state index is -1.01. The van der Waals surface area contributed by atoms with Crippen molar-refractivity contribution in [1.82, 2.24) is 36.0 Å². The first-order valence-corrected chi connectivity index (χ1v) is 26.3. The van der Waals surface area contributed by atoms with E-state index < -0.39 is 90.7 Å². The summed E-state index contributed by atoms with van der Waals surface area (Å²) in [4.78, 5) is 111. The maximum absolute atomic E-state index is 14.2. The van der Waals surface area contributed by atoms with Crippen LogP contribution in [0.3, 0.4) is 0 Å². The number of nitrogens with zero attached hydrogens (tertiary/aromatic N) is 3. The SMILES string of the molecule is CCCC(=O)NC(C(=O)NCC(=O)Nc1ccc(COC(=O)N(C)C(C(=O)NCC(=O)N(C)C(C(C)CC)[C@@H](CC(=O)N2CCC[C@H]2[C@H](OC)[C@@H](C)C(=O)N[C@H](C)[C@@H](O)c2ccccc2)OC)C(C)C)cc1)C(C)C. The van der Waals surface area contributed by atoms with Crippen LogP contribution in [0.1, 0.15) is 118 Å². The fraction of sp³-hybridized carbons (Fsp3) is 0.636. The number of benzene rings is 2. The number of likely N-dealkylation sites (tertiary alicyclic amines) is 1. The predicted molar refractivity (Wildman–Crippen MR) is 284 cm³/mol. The Labute approximate surface area is 444 Å². The van der Waals surface area contributed by atoms with E-state index in [9.17, 15) is 43.5 Å². The smallest absolute Gasteiger partial charge is 0.410 e. The lowest BCUT2D eigenvalue weighted by Crippen LogP contribution is -2.56. The van der Waals surface area contributed by atoms with Crippen molar-refractivity contribution in [3.05, 3.63) is 65.7 Å². The maximum Gasteiger partial charge on any atom is 0.410 e. The summed E-state index contributed by atoms with van der Waals surface area (Å²) in [5, 5.41) is 24.5. The number of methoxy groups -OCH3 is 2. The monoisotopic (exact) mass is 1050 g/mol. The lowest BCUT2D eigenvalue weighted by atomic mass is 9.90. The Hall–Kier alpha value is -6.12. The third-order valence-electron chi connectivity index (χ3n) is 14.1. The summed E-state index contributed by atoms with van der Waals surface area (Å²) in [5.74, 6) is -4.06. The topological polar surface area (TPSA) is 254 Å². The molecule has 8 amide bonds. The van der Waals surface area contributed by atoms with Crippen LogP contribution in [0.15, 0.2) is 54.6 Å². The van der Waals surface area contributed by atoms with E-state index in [1.165, 1.54) is 31.1 Å². The molecule has 1 fully saturated rings. The van der Waals surface area contributed by atoms with Crippen LogP contribution in [0.25, 0.3) is 0 Å². The Balaban J connectivity index is 1.58. The number of nitrogens with one attached hydrogen (secondary N) is 5. The number of aliphatic hydroxyl groups is 1. The van der Waals surface area contributed by atoms with E-state index in [4.69, 9.17) is 14.2 Å².